The van der Waals surface area contributed by atoms with E-state index in [1.807, 2.05) is 13.8 Å². The zero-order valence-corrected chi connectivity index (χ0v) is 13.0. The minimum absolute atomic E-state index is 0.0378. The fourth-order valence-corrected chi connectivity index (χ4v) is 2.49. The summed E-state index contributed by atoms with van der Waals surface area (Å²) in [6, 6.07) is 4.65. The van der Waals surface area contributed by atoms with Gasteiger partial charge in [-0.15, -0.1) is 0 Å². The number of amides is 1. The summed E-state index contributed by atoms with van der Waals surface area (Å²) in [6.07, 6.45) is -0.0755. The molecule has 0 aliphatic carbocycles. The van der Waals surface area contributed by atoms with E-state index in [0.717, 1.165) is 5.56 Å². The van der Waals surface area contributed by atoms with E-state index in [9.17, 15) is 14.7 Å². The second-order valence-electron chi connectivity index (χ2n) is 5.65. The molecule has 0 radical (unpaired) electrons. The van der Waals surface area contributed by atoms with Crippen molar-refractivity contribution in [1.82, 2.24) is 4.90 Å². The Morgan fingerprint density at radius 2 is 1.95 bits per heavy atom. The lowest BCUT2D eigenvalue weighted by Gasteiger charge is -2.35. The SMILES string of the molecule is Cc1ccc(O)c(C(=O)OCC(=O)N2C[C@H](C)O[C@@H](C)C2)c1. The number of carbonyl (C=O) groups excluding carboxylic acids is 2. The van der Waals surface area contributed by atoms with Crippen molar-refractivity contribution in [3.8, 4) is 5.75 Å². The highest BCUT2D eigenvalue weighted by atomic mass is 16.5. The maximum atomic E-state index is 12.1. The van der Waals surface area contributed by atoms with Gasteiger partial charge < -0.3 is 19.5 Å². The minimum atomic E-state index is -0.705. The number of aryl methyl sites for hydroxylation is 1. The number of ether oxygens (including phenoxy) is 2. The van der Waals surface area contributed by atoms with Gasteiger partial charge in [0.1, 0.15) is 11.3 Å². The number of carbonyl (C=O) groups is 2. The summed E-state index contributed by atoms with van der Waals surface area (Å²) in [4.78, 5) is 25.7. The van der Waals surface area contributed by atoms with E-state index >= 15 is 0 Å². The van der Waals surface area contributed by atoms with E-state index < -0.39 is 5.97 Å². The van der Waals surface area contributed by atoms with Gasteiger partial charge in [0.05, 0.1) is 12.2 Å². The molecule has 1 amide bonds. The van der Waals surface area contributed by atoms with E-state index in [-0.39, 0.29) is 36.0 Å². The first-order valence-electron chi connectivity index (χ1n) is 7.26. The van der Waals surface area contributed by atoms with E-state index in [0.29, 0.717) is 13.1 Å². The van der Waals surface area contributed by atoms with Gasteiger partial charge >= 0.3 is 5.97 Å². The molecule has 1 aromatic carbocycles. The molecule has 1 heterocycles. The van der Waals surface area contributed by atoms with Gasteiger partial charge in [-0.2, -0.15) is 0 Å². The lowest BCUT2D eigenvalue weighted by Crippen LogP contribution is -2.49. The molecule has 0 aromatic heterocycles. The number of hydrogen-bond acceptors (Lipinski definition) is 5. The van der Waals surface area contributed by atoms with Crippen LogP contribution in [0.1, 0.15) is 29.8 Å². The summed E-state index contributed by atoms with van der Waals surface area (Å²) in [7, 11) is 0. The minimum Gasteiger partial charge on any atom is -0.507 e. The van der Waals surface area contributed by atoms with Crippen LogP contribution in [0.15, 0.2) is 18.2 Å². The number of hydrogen-bond donors (Lipinski definition) is 1. The molecule has 2 rings (SSSR count). The van der Waals surface area contributed by atoms with Gasteiger partial charge in [-0.25, -0.2) is 4.79 Å². The first-order valence-corrected chi connectivity index (χ1v) is 7.26. The average molecular weight is 307 g/mol. The standard InChI is InChI=1S/C16H21NO5/c1-10-4-5-14(18)13(6-10)16(20)21-9-15(19)17-7-11(2)22-12(3)8-17/h4-6,11-12,18H,7-9H2,1-3H3/t11-,12-/m0/s1. The summed E-state index contributed by atoms with van der Waals surface area (Å²) < 4.78 is 10.6. The Morgan fingerprint density at radius 3 is 2.59 bits per heavy atom. The summed E-state index contributed by atoms with van der Waals surface area (Å²) in [5.41, 5.74) is 0.892. The van der Waals surface area contributed by atoms with Crippen molar-refractivity contribution in [1.29, 1.82) is 0 Å². The highest BCUT2D eigenvalue weighted by Crippen LogP contribution is 2.19. The predicted molar refractivity (Wildman–Crippen MR) is 79.7 cm³/mol. The van der Waals surface area contributed by atoms with Gasteiger partial charge in [0.25, 0.3) is 5.91 Å². The number of benzene rings is 1. The van der Waals surface area contributed by atoms with Crippen molar-refractivity contribution in [2.24, 2.45) is 0 Å². The van der Waals surface area contributed by atoms with Crippen LogP contribution in [0.4, 0.5) is 0 Å². The molecular weight excluding hydrogens is 286 g/mol. The molecule has 1 aromatic rings. The number of phenolic OH excluding ortho intramolecular Hbond substituents is 1. The second-order valence-corrected chi connectivity index (χ2v) is 5.65. The third-order valence-corrected chi connectivity index (χ3v) is 3.47. The molecule has 120 valence electrons. The Bertz CT molecular complexity index is 562. The highest BCUT2D eigenvalue weighted by Gasteiger charge is 2.26. The third-order valence-electron chi connectivity index (χ3n) is 3.47. The number of morpholine rings is 1. The first kappa shape index (κ1) is 16.3. The van der Waals surface area contributed by atoms with E-state index in [2.05, 4.69) is 0 Å². The van der Waals surface area contributed by atoms with Crippen LogP contribution >= 0.6 is 0 Å². The average Bonchev–Trinajstić information content (AvgIpc) is 2.45. The van der Waals surface area contributed by atoms with Crippen LogP contribution in [0.2, 0.25) is 0 Å². The van der Waals surface area contributed by atoms with Gasteiger partial charge in [-0.3, -0.25) is 4.79 Å². The number of phenols is 1. The van der Waals surface area contributed by atoms with Crippen LogP contribution in [0.5, 0.6) is 5.75 Å². The molecule has 1 fully saturated rings. The molecule has 1 N–H and O–H groups in total. The number of aromatic hydroxyl groups is 1. The van der Waals surface area contributed by atoms with Crippen LogP contribution in [-0.2, 0) is 14.3 Å². The number of rotatable bonds is 3. The maximum absolute atomic E-state index is 12.1. The fraction of sp³-hybridized carbons (Fsp3) is 0.500. The van der Waals surface area contributed by atoms with Crippen molar-refractivity contribution in [2.75, 3.05) is 19.7 Å². The molecule has 6 nitrogen and oxygen atoms in total. The third kappa shape index (κ3) is 3.98. The van der Waals surface area contributed by atoms with Gasteiger partial charge in [0.2, 0.25) is 0 Å². The van der Waals surface area contributed by atoms with Crippen molar-refractivity contribution in [3.63, 3.8) is 0 Å². The molecular formula is C16H21NO5. The van der Waals surface area contributed by atoms with Crippen molar-refractivity contribution in [3.05, 3.63) is 29.3 Å². The normalized spacial score (nSPS) is 21.5. The van der Waals surface area contributed by atoms with Gasteiger partial charge in [0, 0.05) is 13.1 Å². The van der Waals surface area contributed by atoms with Crippen molar-refractivity contribution in [2.45, 2.75) is 33.0 Å². The van der Waals surface area contributed by atoms with Gasteiger partial charge in [0.15, 0.2) is 6.61 Å². The maximum Gasteiger partial charge on any atom is 0.342 e. The molecule has 1 aliphatic rings. The van der Waals surface area contributed by atoms with Crippen LogP contribution in [0.25, 0.3) is 0 Å². The predicted octanol–water partition coefficient (Wildman–Crippen LogP) is 1.49. The van der Waals surface area contributed by atoms with Gasteiger partial charge in [-0.05, 0) is 32.9 Å². The second kappa shape index (κ2) is 6.79. The molecule has 0 unspecified atom stereocenters. The van der Waals surface area contributed by atoms with Crippen LogP contribution < -0.4 is 0 Å². The molecule has 1 aliphatic heterocycles. The Labute approximate surface area is 129 Å². The van der Waals surface area contributed by atoms with Gasteiger partial charge in [-0.1, -0.05) is 11.6 Å². The molecule has 2 atom stereocenters. The van der Waals surface area contributed by atoms with Crippen molar-refractivity contribution < 1.29 is 24.2 Å². The summed E-state index contributed by atoms with van der Waals surface area (Å²) in [5, 5.41) is 9.68. The molecule has 0 saturated carbocycles. The molecule has 0 bridgehead atoms. The quantitative estimate of drug-likeness (QED) is 0.856. The number of esters is 1. The van der Waals surface area contributed by atoms with Crippen LogP contribution in [0, 0.1) is 6.92 Å². The fourth-order valence-electron chi connectivity index (χ4n) is 2.49. The van der Waals surface area contributed by atoms with E-state index in [4.69, 9.17) is 9.47 Å². The first-order chi connectivity index (χ1) is 10.4. The molecule has 1 saturated heterocycles. The lowest BCUT2D eigenvalue weighted by molar-refractivity contribution is -0.146. The Balaban J connectivity index is 1.93. The molecule has 22 heavy (non-hydrogen) atoms. The van der Waals surface area contributed by atoms with Crippen LogP contribution in [0.3, 0.4) is 0 Å². The summed E-state index contributed by atoms with van der Waals surface area (Å²) in [6.45, 7) is 6.22. The summed E-state index contributed by atoms with van der Waals surface area (Å²) >= 11 is 0. The lowest BCUT2D eigenvalue weighted by atomic mass is 10.1. The number of nitrogens with zero attached hydrogens (tertiary/aromatic N) is 1. The molecule has 0 spiro atoms. The molecule has 6 heteroatoms. The Hall–Kier alpha value is -2.08. The van der Waals surface area contributed by atoms with Crippen LogP contribution in [-0.4, -0.2) is 53.8 Å². The zero-order valence-electron chi connectivity index (χ0n) is 13.0. The summed E-state index contributed by atoms with van der Waals surface area (Å²) in [5.74, 6) is -1.12. The highest BCUT2D eigenvalue weighted by molar-refractivity contribution is 5.94. The monoisotopic (exact) mass is 307 g/mol. The smallest absolute Gasteiger partial charge is 0.342 e. The zero-order chi connectivity index (χ0) is 16.3. The Morgan fingerprint density at radius 1 is 1.32 bits per heavy atom. The Kier molecular flexibility index (Phi) is 5.03. The van der Waals surface area contributed by atoms with Crippen molar-refractivity contribution >= 4 is 11.9 Å². The van der Waals surface area contributed by atoms with E-state index in [1.165, 1.54) is 12.1 Å². The van der Waals surface area contributed by atoms with E-state index in [1.54, 1.807) is 17.9 Å². The largest absolute Gasteiger partial charge is 0.507 e. The topological polar surface area (TPSA) is 76.1 Å².